The fourth-order valence-electron chi connectivity index (χ4n) is 5.34. The maximum absolute atomic E-state index is 14.7. The number of ether oxygens (including phenoxy) is 2. The number of carbonyl (C=O) groups is 1. The van der Waals surface area contributed by atoms with E-state index in [2.05, 4.69) is 15.1 Å². The molecule has 0 bridgehead atoms. The van der Waals surface area contributed by atoms with Crippen LogP contribution in [0.5, 0.6) is 11.5 Å². The molecule has 2 saturated heterocycles. The van der Waals surface area contributed by atoms with Gasteiger partial charge >= 0.3 is 0 Å². The maximum atomic E-state index is 14.7. The first-order chi connectivity index (χ1) is 17.5. The van der Waals surface area contributed by atoms with E-state index < -0.39 is 18.0 Å². The molecular formula is C27H33ClFN3O4. The number of anilines is 1. The van der Waals surface area contributed by atoms with Crippen LogP contribution in [0.2, 0.25) is 5.02 Å². The first kappa shape index (κ1) is 25.1. The lowest BCUT2D eigenvalue weighted by Crippen LogP contribution is -2.50. The van der Waals surface area contributed by atoms with Gasteiger partial charge < -0.3 is 29.7 Å². The van der Waals surface area contributed by atoms with Crippen molar-refractivity contribution in [1.82, 2.24) is 10.2 Å². The number of hydrogen-bond acceptors (Lipinski definition) is 6. The molecule has 0 aromatic heterocycles. The zero-order chi connectivity index (χ0) is 25.1. The number of carbonyl (C=O) groups excluding carboxylic acids is 1. The smallest absolute Gasteiger partial charge is 0.225 e. The average Bonchev–Trinajstić information content (AvgIpc) is 3.39. The third-order valence-electron chi connectivity index (χ3n) is 7.32. The van der Waals surface area contributed by atoms with Crippen LogP contribution in [0.15, 0.2) is 36.4 Å². The highest BCUT2D eigenvalue weighted by Crippen LogP contribution is 2.36. The number of benzene rings is 2. The van der Waals surface area contributed by atoms with Crippen molar-refractivity contribution >= 4 is 23.2 Å². The highest BCUT2D eigenvalue weighted by molar-refractivity contribution is 6.30. The molecule has 2 N–H and O–H groups in total. The molecule has 0 spiro atoms. The van der Waals surface area contributed by atoms with Gasteiger partial charge in [0.2, 0.25) is 5.91 Å². The summed E-state index contributed by atoms with van der Waals surface area (Å²) in [5, 5.41) is 15.1. The fraction of sp³-hybridized carbons (Fsp3) is 0.519. The van der Waals surface area contributed by atoms with Crippen molar-refractivity contribution in [3.63, 3.8) is 0 Å². The quantitative estimate of drug-likeness (QED) is 0.582. The molecule has 1 amide bonds. The van der Waals surface area contributed by atoms with Crippen LogP contribution in [0.4, 0.5) is 10.1 Å². The van der Waals surface area contributed by atoms with E-state index >= 15 is 0 Å². The molecule has 2 aromatic carbocycles. The first-order valence-corrected chi connectivity index (χ1v) is 13.2. The number of amides is 1. The number of piperidine rings is 1. The fourth-order valence-corrected chi connectivity index (χ4v) is 5.47. The van der Waals surface area contributed by atoms with E-state index in [1.807, 2.05) is 24.3 Å². The summed E-state index contributed by atoms with van der Waals surface area (Å²) in [6, 6.07) is 9.94. The Labute approximate surface area is 216 Å². The standard InChI is InChI=1S/C27H33ClFN3O4/c28-20-4-6-21(7-5-20)32-11-8-18(16-32)27(34)30-23(17-31-9-2-1-3-10-31)25(33)19-14-22(29)26-24(15-19)35-12-13-36-26/h4-7,14-15,18,23,25,33H,1-3,8-13,16-17H2,(H,30,34)/t18-,23+,25+/m0/s1. The highest BCUT2D eigenvalue weighted by Gasteiger charge is 2.33. The topological polar surface area (TPSA) is 74.3 Å². The average molecular weight is 518 g/mol. The summed E-state index contributed by atoms with van der Waals surface area (Å²) in [7, 11) is 0. The van der Waals surface area contributed by atoms with Gasteiger partial charge in [0.05, 0.1) is 12.0 Å². The summed E-state index contributed by atoms with van der Waals surface area (Å²) in [6.07, 6.45) is 3.00. The Balaban J connectivity index is 1.31. The van der Waals surface area contributed by atoms with E-state index in [0.29, 0.717) is 30.3 Å². The molecule has 0 unspecified atom stereocenters. The number of fused-ring (bicyclic) bond motifs is 1. The van der Waals surface area contributed by atoms with Gasteiger partial charge in [-0.1, -0.05) is 18.0 Å². The predicted molar refractivity (Wildman–Crippen MR) is 136 cm³/mol. The second-order valence-corrected chi connectivity index (χ2v) is 10.3. The van der Waals surface area contributed by atoms with Gasteiger partial charge in [-0.2, -0.15) is 0 Å². The van der Waals surface area contributed by atoms with Crippen LogP contribution < -0.4 is 19.7 Å². The molecule has 9 heteroatoms. The molecule has 7 nitrogen and oxygen atoms in total. The van der Waals surface area contributed by atoms with Gasteiger partial charge in [0, 0.05) is 30.3 Å². The highest BCUT2D eigenvalue weighted by atomic mass is 35.5. The number of nitrogens with zero attached hydrogens (tertiary/aromatic N) is 2. The van der Waals surface area contributed by atoms with Crippen molar-refractivity contribution < 1.29 is 23.8 Å². The molecule has 3 aliphatic rings. The van der Waals surface area contributed by atoms with Crippen LogP contribution >= 0.6 is 11.6 Å². The van der Waals surface area contributed by atoms with Crippen molar-refractivity contribution in [2.45, 2.75) is 37.8 Å². The minimum absolute atomic E-state index is 0.0714. The van der Waals surface area contributed by atoms with Gasteiger partial charge in [0.25, 0.3) is 0 Å². The van der Waals surface area contributed by atoms with Gasteiger partial charge in [0.15, 0.2) is 17.3 Å². The minimum atomic E-state index is -1.09. The summed E-state index contributed by atoms with van der Waals surface area (Å²) in [6.45, 7) is 4.31. The molecule has 3 atom stereocenters. The molecule has 2 fully saturated rings. The third kappa shape index (κ3) is 5.71. The van der Waals surface area contributed by atoms with Gasteiger partial charge in [-0.3, -0.25) is 4.79 Å². The number of nitrogens with one attached hydrogen (secondary N) is 1. The molecule has 5 rings (SSSR count). The summed E-state index contributed by atoms with van der Waals surface area (Å²) in [5.74, 6) is -0.507. The summed E-state index contributed by atoms with van der Waals surface area (Å²) in [5.41, 5.74) is 1.40. The van der Waals surface area contributed by atoms with Crippen molar-refractivity contribution in [3.05, 3.63) is 52.8 Å². The second-order valence-electron chi connectivity index (χ2n) is 9.86. The second kappa shape index (κ2) is 11.2. The normalized spacial score (nSPS) is 21.8. The number of aliphatic hydroxyl groups excluding tert-OH is 1. The Hall–Kier alpha value is -2.55. The molecule has 194 valence electrons. The molecular weight excluding hydrogens is 485 g/mol. The van der Waals surface area contributed by atoms with Crippen molar-refractivity contribution in [3.8, 4) is 11.5 Å². The van der Waals surface area contributed by atoms with Crippen LogP contribution in [0.1, 0.15) is 37.4 Å². The van der Waals surface area contributed by atoms with Gasteiger partial charge in [-0.15, -0.1) is 0 Å². The molecule has 0 radical (unpaired) electrons. The van der Waals surface area contributed by atoms with Crippen molar-refractivity contribution in [2.24, 2.45) is 5.92 Å². The van der Waals surface area contributed by atoms with E-state index in [9.17, 15) is 14.3 Å². The lowest BCUT2D eigenvalue weighted by molar-refractivity contribution is -0.126. The SMILES string of the molecule is O=C(N[C@H](CN1CCCCC1)[C@H](O)c1cc(F)c2c(c1)OCCO2)[C@H]1CCN(c2ccc(Cl)cc2)C1. The zero-order valence-electron chi connectivity index (χ0n) is 20.3. The van der Waals surface area contributed by atoms with Gasteiger partial charge in [0.1, 0.15) is 19.3 Å². The van der Waals surface area contributed by atoms with E-state index in [1.54, 1.807) is 6.07 Å². The Morgan fingerprint density at radius 3 is 2.64 bits per heavy atom. The van der Waals surface area contributed by atoms with Crippen LogP contribution in [0.25, 0.3) is 0 Å². The Kier molecular flexibility index (Phi) is 7.84. The van der Waals surface area contributed by atoms with E-state index in [-0.39, 0.29) is 29.9 Å². The molecule has 0 saturated carbocycles. The molecule has 3 aliphatic heterocycles. The molecule has 0 aliphatic carbocycles. The van der Waals surface area contributed by atoms with Crippen LogP contribution in [-0.4, -0.2) is 67.9 Å². The Morgan fingerprint density at radius 2 is 1.86 bits per heavy atom. The largest absolute Gasteiger partial charge is 0.486 e. The summed E-state index contributed by atoms with van der Waals surface area (Å²) >= 11 is 6.02. The van der Waals surface area contributed by atoms with Crippen molar-refractivity contribution in [2.75, 3.05) is 50.8 Å². The van der Waals surface area contributed by atoms with Gasteiger partial charge in [-0.25, -0.2) is 4.39 Å². The molecule has 36 heavy (non-hydrogen) atoms. The van der Waals surface area contributed by atoms with E-state index in [0.717, 1.165) is 44.6 Å². The number of hydrogen-bond donors (Lipinski definition) is 2. The minimum Gasteiger partial charge on any atom is -0.486 e. The third-order valence-corrected chi connectivity index (χ3v) is 7.58. The number of halogens is 2. The molecule has 3 heterocycles. The number of rotatable bonds is 7. The van der Waals surface area contributed by atoms with Crippen LogP contribution in [0.3, 0.4) is 0 Å². The van der Waals surface area contributed by atoms with E-state index in [1.165, 1.54) is 12.5 Å². The Bertz CT molecular complexity index is 1060. The van der Waals surface area contributed by atoms with E-state index in [4.69, 9.17) is 21.1 Å². The van der Waals surface area contributed by atoms with Crippen LogP contribution in [-0.2, 0) is 4.79 Å². The maximum Gasteiger partial charge on any atom is 0.225 e. The Morgan fingerprint density at radius 1 is 1.11 bits per heavy atom. The first-order valence-electron chi connectivity index (χ1n) is 12.8. The summed E-state index contributed by atoms with van der Waals surface area (Å²) in [4.78, 5) is 17.8. The lowest BCUT2D eigenvalue weighted by Gasteiger charge is -2.34. The number of aliphatic hydroxyl groups is 1. The van der Waals surface area contributed by atoms with Gasteiger partial charge in [-0.05, 0) is 74.3 Å². The van der Waals surface area contributed by atoms with Crippen LogP contribution in [0, 0.1) is 11.7 Å². The predicted octanol–water partition coefficient (Wildman–Crippen LogP) is 3.78. The monoisotopic (exact) mass is 517 g/mol. The molecule has 2 aromatic rings. The lowest BCUT2D eigenvalue weighted by atomic mass is 9.98. The zero-order valence-corrected chi connectivity index (χ0v) is 21.1. The summed E-state index contributed by atoms with van der Waals surface area (Å²) < 4.78 is 25.7. The van der Waals surface area contributed by atoms with Crippen molar-refractivity contribution in [1.29, 1.82) is 0 Å². The number of likely N-dealkylation sites (tertiary alicyclic amines) is 1.